The molecule has 0 spiro atoms. The molecule has 3 amide bonds. The molecule has 1 aromatic carbocycles. The van der Waals surface area contributed by atoms with Gasteiger partial charge < -0.3 is 16.4 Å². The summed E-state index contributed by atoms with van der Waals surface area (Å²) in [7, 11) is 0. The van der Waals surface area contributed by atoms with Crippen LogP contribution in [-0.4, -0.2) is 32.6 Å². The van der Waals surface area contributed by atoms with Crippen LogP contribution >= 0.6 is 0 Å². The first-order valence-electron chi connectivity index (χ1n) is 6.22. The molecule has 0 bridgehead atoms. The summed E-state index contributed by atoms with van der Waals surface area (Å²) in [6.07, 6.45) is 0. The van der Waals surface area contributed by atoms with Gasteiger partial charge in [-0.2, -0.15) is 5.21 Å². The molecule has 1 heterocycles. The normalized spacial score (nSPS) is 13.2. The Labute approximate surface area is 120 Å². The molecule has 0 aliphatic carbocycles. The molecule has 9 nitrogen and oxygen atoms in total. The number of benzene rings is 1. The highest BCUT2D eigenvalue weighted by atomic mass is 16.2. The molecule has 110 valence electrons. The Bertz CT molecular complexity index is 599. The minimum Gasteiger partial charge on any atom is -0.352 e. The average molecular weight is 289 g/mol. The van der Waals surface area contributed by atoms with Crippen LogP contribution in [0.15, 0.2) is 30.3 Å². The number of nitrogens with zero attached hydrogens (tertiary/aromatic N) is 3. The molecule has 1 aromatic heterocycles. The second-order valence-corrected chi connectivity index (χ2v) is 4.35. The molecular weight excluding hydrogens is 274 g/mol. The van der Waals surface area contributed by atoms with Crippen molar-refractivity contribution in [2.24, 2.45) is 5.73 Å². The Morgan fingerprint density at radius 1 is 1.24 bits per heavy atom. The fourth-order valence-corrected chi connectivity index (χ4v) is 1.80. The number of aromatic nitrogens is 4. The molecule has 0 fully saturated rings. The average Bonchev–Trinajstić information content (AvgIpc) is 2.99. The lowest BCUT2D eigenvalue weighted by Gasteiger charge is -2.19. The van der Waals surface area contributed by atoms with Crippen LogP contribution < -0.4 is 16.4 Å². The summed E-state index contributed by atoms with van der Waals surface area (Å²) >= 11 is 0. The Balaban J connectivity index is 2.13. The SMILES string of the molecule is CC(NC(=O)C(NC(N)=O)c1ccccc1)c1nn[nH]n1. The van der Waals surface area contributed by atoms with Crippen molar-refractivity contribution in [3.05, 3.63) is 41.7 Å². The van der Waals surface area contributed by atoms with E-state index in [2.05, 4.69) is 31.3 Å². The number of primary amides is 1. The number of hydrogen-bond acceptors (Lipinski definition) is 5. The fraction of sp³-hybridized carbons (Fsp3) is 0.250. The molecular formula is C12H15N7O2. The zero-order valence-electron chi connectivity index (χ0n) is 11.3. The Morgan fingerprint density at radius 3 is 2.52 bits per heavy atom. The number of urea groups is 1. The summed E-state index contributed by atoms with van der Waals surface area (Å²) < 4.78 is 0. The number of rotatable bonds is 5. The van der Waals surface area contributed by atoms with E-state index in [0.29, 0.717) is 11.4 Å². The van der Waals surface area contributed by atoms with E-state index in [1.807, 2.05) is 6.07 Å². The molecule has 2 atom stereocenters. The molecule has 5 N–H and O–H groups in total. The van der Waals surface area contributed by atoms with Crippen molar-refractivity contribution in [1.29, 1.82) is 0 Å². The second-order valence-electron chi connectivity index (χ2n) is 4.35. The number of carbonyl (C=O) groups excluding carboxylic acids is 2. The van der Waals surface area contributed by atoms with E-state index in [1.165, 1.54) is 0 Å². The second kappa shape index (κ2) is 6.46. The Morgan fingerprint density at radius 2 is 1.95 bits per heavy atom. The van der Waals surface area contributed by atoms with Crippen molar-refractivity contribution in [3.8, 4) is 0 Å². The molecule has 0 saturated heterocycles. The van der Waals surface area contributed by atoms with Crippen LogP contribution in [0.4, 0.5) is 4.79 Å². The number of H-pyrrole nitrogens is 1. The lowest BCUT2D eigenvalue weighted by atomic mass is 10.1. The van der Waals surface area contributed by atoms with E-state index in [4.69, 9.17) is 5.73 Å². The minimum atomic E-state index is -0.891. The van der Waals surface area contributed by atoms with Gasteiger partial charge in [0.05, 0.1) is 6.04 Å². The van der Waals surface area contributed by atoms with Crippen molar-refractivity contribution < 1.29 is 9.59 Å². The number of nitrogens with one attached hydrogen (secondary N) is 3. The van der Waals surface area contributed by atoms with Crippen LogP contribution in [0.1, 0.15) is 30.4 Å². The number of nitrogens with two attached hydrogens (primary N) is 1. The molecule has 21 heavy (non-hydrogen) atoms. The first-order valence-corrected chi connectivity index (χ1v) is 6.22. The highest BCUT2D eigenvalue weighted by Crippen LogP contribution is 2.14. The van der Waals surface area contributed by atoms with Gasteiger partial charge in [-0.05, 0) is 12.5 Å². The van der Waals surface area contributed by atoms with E-state index in [1.54, 1.807) is 31.2 Å². The lowest BCUT2D eigenvalue weighted by molar-refractivity contribution is -0.123. The van der Waals surface area contributed by atoms with Crippen LogP contribution in [0.2, 0.25) is 0 Å². The summed E-state index contributed by atoms with van der Waals surface area (Å²) in [5.41, 5.74) is 5.74. The quantitative estimate of drug-likeness (QED) is 0.603. The Hall–Kier alpha value is -2.97. The smallest absolute Gasteiger partial charge is 0.313 e. The van der Waals surface area contributed by atoms with Crippen LogP contribution in [0.5, 0.6) is 0 Å². The molecule has 2 rings (SSSR count). The zero-order chi connectivity index (χ0) is 15.2. The maximum absolute atomic E-state index is 12.3. The van der Waals surface area contributed by atoms with E-state index < -0.39 is 24.0 Å². The standard InChI is InChI=1S/C12H15N7O2/c1-7(10-16-18-19-17-10)14-11(20)9(15-12(13)21)8-5-3-2-4-6-8/h2-7,9H,1H3,(H,14,20)(H3,13,15,21)(H,16,17,18,19). The van der Waals surface area contributed by atoms with Gasteiger partial charge in [0.2, 0.25) is 5.91 Å². The van der Waals surface area contributed by atoms with E-state index in [0.717, 1.165) is 0 Å². The highest BCUT2D eigenvalue weighted by Gasteiger charge is 2.24. The van der Waals surface area contributed by atoms with Gasteiger partial charge in [-0.1, -0.05) is 35.5 Å². The maximum atomic E-state index is 12.3. The van der Waals surface area contributed by atoms with E-state index in [9.17, 15) is 9.59 Å². The first kappa shape index (κ1) is 14.4. The van der Waals surface area contributed by atoms with Gasteiger partial charge in [0.15, 0.2) is 5.82 Å². The zero-order valence-corrected chi connectivity index (χ0v) is 11.3. The summed E-state index contributed by atoms with van der Waals surface area (Å²) in [6.45, 7) is 1.70. The fourth-order valence-electron chi connectivity index (χ4n) is 1.80. The summed E-state index contributed by atoms with van der Waals surface area (Å²) in [6, 6.07) is 6.65. The third kappa shape index (κ3) is 3.75. The predicted octanol–water partition coefficient (Wildman–Crippen LogP) is -0.214. The van der Waals surface area contributed by atoms with E-state index in [-0.39, 0.29) is 0 Å². The number of carbonyl (C=O) groups is 2. The van der Waals surface area contributed by atoms with Gasteiger partial charge in [0, 0.05) is 0 Å². The van der Waals surface area contributed by atoms with Crippen LogP contribution in [0.3, 0.4) is 0 Å². The number of aromatic amines is 1. The minimum absolute atomic E-state index is 0.342. The van der Waals surface area contributed by atoms with Gasteiger partial charge in [-0.3, -0.25) is 4.79 Å². The predicted molar refractivity (Wildman–Crippen MR) is 72.6 cm³/mol. The van der Waals surface area contributed by atoms with Crippen molar-refractivity contribution in [3.63, 3.8) is 0 Å². The third-order valence-corrected chi connectivity index (χ3v) is 2.79. The molecule has 0 saturated carbocycles. The summed E-state index contributed by atoms with van der Waals surface area (Å²) in [5, 5.41) is 18.4. The van der Waals surface area contributed by atoms with Crippen molar-refractivity contribution >= 4 is 11.9 Å². The van der Waals surface area contributed by atoms with Crippen molar-refractivity contribution in [1.82, 2.24) is 31.3 Å². The maximum Gasteiger partial charge on any atom is 0.313 e. The van der Waals surface area contributed by atoms with Crippen molar-refractivity contribution in [2.75, 3.05) is 0 Å². The first-order chi connectivity index (χ1) is 10.1. The van der Waals surface area contributed by atoms with Gasteiger partial charge in [-0.15, -0.1) is 10.2 Å². The molecule has 0 radical (unpaired) electrons. The monoisotopic (exact) mass is 289 g/mol. The topological polar surface area (TPSA) is 139 Å². The lowest BCUT2D eigenvalue weighted by Crippen LogP contribution is -2.43. The molecule has 9 heteroatoms. The molecule has 2 unspecified atom stereocenters. The van der Waals surface area contributed by atoms with Crippen LogP contribution in [0.25, 0.3) is 0 Å². The molecule has 0 aliphatic rings. The summed E-state index contributed by atoms with van der Waals surface area (Å²) in [4.78, 5) is 23.4. The van der Waals surface area contributed by atoms with E-state index >= 15 is 0 Å². The number of amides is 3. The van der Waals surface area contributed by atoms with Gasteiger partial charge in [0.25, 0.3) is 0 Å². The third-order valence-electron chi connectivity index (χ3n) is 2.79. The van der Waals surface area contributed by atoms with Crippen LogP contribution in [-0.2, 0) is 4.79 Å². The highest BCUT2D eigenvalue weighted by molar-refractivity contribution is 5.87. The largest absolute Gasteiger partial charge is 0.352 e. The molecule has 0 aliphatic heterocycles. The van der Waals surface area contributed by atoms with Gasteiger partial charge in [0.1, 0.15) is 6.04 Å². The molecule has 2 aromatic rings. The van der Waals surface area contributed by atoms with Gasteiger partial charge >= 0.3 is 6.03 Å². The summed E-state index contributed by atoms with van der Waals surface area (Å²) in [5.74, 6) is -0.0773. The number of tetrazole rings is 1. The van der Waals surface area contributed by atoms with Crippen LogP contribution in [0, 0.1) is 0 Å². The Kier molecular flexibility index (Phi) is 4.44. The number of hydrogen-bond donors (Lipinski definition) is 4. The van der Waals surface area contributed by atoms with Crippen molar-refractivity contribution in [2.45, 2.75) is 19.0 Å². The van der Waals surface area contributed by atoms with Gasteiger partial charge in [-0.25, -0.2) is 4.79 Å².